The van der Waals surface area contributed by atoms with Crippen LogP contribution in [0.3, 0.4) is 0 Å². The third-order valence-corrected chi connectivity index (χ3v) is 5.61. The first kappa shape index (κ1) is 21.8. The van der Waals surface area contributed by atoms with Gasteiger partial charge in [-0.1, -0.05) is 67.0 Å². The second-order valence-corrected chi connectivity index (χ2v) is 8.31. The lowest BCUT2D eigenvalue weighted by Gasteiger charge is -2.34. The van der Waals surface area contributed by atoms with Crippen LogP contribution < -0.4 is 10.6 Å². The molecule has 1 saturated carbocycles. The van der Waals surface area contributed by atoms with E-state index in [9.17, 15) is 13.2 Å². The van der Waals surface area contributed by atoms with Gasteiger partial charge in [0.25, 0.3) is 0 Å². The first-order valence-corrected chi connectivity index (χ1v) is 10.5. The Labute approximate surface area is 175 Å². The highest BCUT2D eigenvalue weighted by atomic mass is 32.1. The molecule has 0 amide bonds. The molecule has 1 aliphatic rings. The first-order valence-electron chi connectivity index (χ1n) is 10.1. The number of thiocarbonyl (C=S) groups is 1. The SMILES string of the molecule is Cc1cc(CC(=S)N[C@@H]2CCCC[C@H]2NCc2ccccc2)cc(C(F)(F)F)c1. The quantitative estimate of drug-likeness (QED) is 0.597. The van der Waals surface area contributed by atoms with Crippen LogP contribution in [0.15, 0.2) is 48.5 Å². The van der Waals surface area contributed by atoms with Gasteiger partial charge < -0.3 is 10.6 Å². The smallest absolute Gasteiger partial charge is 0.375 e. The van der Waals surface area contributed by atoms with Crippen molar-refractivity contribution in [1.29, 1.82) is 0 Å². The fraction of sp³-hybridized carbons (Fsp3) is 0.435. The van der Waals surface area contributed by atoms with E-state index in [4.69, 9.17) is 12.2 Å². The number of benzene rings is 2. The van der Waals surface area contributed by atoms with Crippen molar-refractivity contribution in [2.45, 2.75) is 63.8 Å². The Hall–Kier alpha value is -1.92. The van der Waals surface area contributed by atoms with Crippen molar-refractivity contribution in [3.05, 3.63) is 70.8 Å². The van der Waals surface area contributed by atoms with E-state index >= 15 is 0 Å². The lowest BCUT2D eigenvalue weighted by atomic mass is 9.90. The monoisotopic (exact) mass is 420 g/mol. The summed E-state index contributed by atoms with van der Waals surface area (Å²) in [7, 11) is 0. The number of rotatable bonds is 6. The molecule has 29 heavy (non-hydrogen) atoms. The Morgan fingerprint density at radius 2 is 1.69 bits per heavy atom. The summed E-state index contributed by atoms with van der Waals surface area (Å²) in [6.45, 7) is 2.48. The molecule has 156 valence electrons. The Morgan fingerprint density at radius 1 is 1.00 bits per heavy atom. The summed E-state index contributed by atoms with van der Waals surface area (Å²) < 4.78 is 39.2. The Balaban J connectivity index is 1.60. The molecule has 0 bridgehead atoms. The van der Waals surface area contributed by atoms with E-state index < -0.39 is 11.7 Å². The van der Waals surface area contributed by atoms with E-state index in [0.717, 1.165) is 25.8 Å². The maximum absolute atomic E-state index is 13.1. The van der Waals surface area contributed by atoms with Crippen molar-refractivity contribution in [1.82, 2.24) is 10.6 Å². The Bertz CT molecular complexity index is 821. The molecule has 0 heterocycles. The highest BCUT2D eigenvalue weighted by Crippen LogP contribution is 2.30. The Morgan fingerprint density at radius 3 is 2.38 bits per heavy atom. The van der Waals surface area contributed by atoms with Crippen molar-refractivity contribution < 1.29 is 13.2 Å². The van der Waals surface area contributed by atoms with Gasteiger partial charge in [-0.3, -0.25) is 0 Å². The van der Waals surface area contributed by atoms with Gasteiger partial charge in [-0.2, -0.15) is 13.2 Å². The van der Waals surface area contributed by atoms with Crippen LogP contribution in [-0.4, -0.2) is 17.1 Å². The van der Waals surface area contributed by atoms with E-state index in [2.05, 4.69) is 22.8 Å². The molecular formula is C23H27F3N2S. The topological polar surface area (TPSA) is 24.1 Å². The summed E-state index contributed by atoms with van der Waals surface area (Å²) in [5, 5.41) is 7.04. The molecule has 0 spiro atoms. The molecule has 3 rings (SSSR count). The molecule has 2 aromatic rings. The molecule has 6 heteroatoms. The molecule has 1 aliphatic carbocycles. The van der Waals surface area contributed by atoms with E-state index in [0.29, 0.717) is 28.6 Å². The van der Waals surface area contributed by atoms with Gasteiger partial charge in [-0.05, 0) is 43.0 Å². The third-order valence-electron chi connectivity index (χ3n) is 5.35. The van der Waals surface area contributed by atoms with Crippen LogP contribution in [0.2, 0.25) is 0 Å². The molecule has 0 unspecified atom stereocenters. The standard InChI is InChI=1S/C23H27F3N2S/c1-16-11-18(13-19(12-16)23(24,25)26)14-22(29)28-21-10-6-5-9-20(21)27-15-17-7-3-2-4-8-17/h2-4,7-8,11-13,20-21,27H,5-6,9-10,14-15H2,1H3,(H,28,29)/t20-,21-/m1/s1. The van der Waals surface area contributed by atoms with Crippen LogP contribution >= 0.6 is 12.2 Å². The van der Waals surface area contributed by atoms with Gasteiger partial charge in [0, 0.05) is 25.0 Å². The fourth-order valence-electron chi connectivity index (χ4n) is 3.96. The minimum absolute atomic E-state index is 0.201. The highest BCUT2D eigenvalue weighted by Gasteiger charge is 2.31. The molecule has 1 fully saturated rings. The summed E-state index contributed by atoms with van der Waals surface area (Å²) in [4.78, 5) is 0.599. The van der Waals surface area contributed by atoms with Crippen molar-refractivity contribution in [2.75, 3.05) is 0 Å². The number of nitrogens with one attached hydrogen (secondary N) is 2. The van der Waals surface area contributed by atoms with Crippen LogP contribution in [0.1, 0.15) is 47.9 Å². The zero-order valence-electron chi connectivity index (χ0n) is 16.6. The zero-order chi connectivity index (χ0) is 20.9. The van der Waals surface area contributed by atoms with Crippen molar-refractivity contribution in [2.24, 2.45) is 0 Å². The third kappa shape index (κ3) is 6.54. The molecule has 2 nitrogen and oxygen atoms in total. The van der Waals surface area contributed by atoms with Crippen LogP contribution in [-0.2, 0) is 19.1 Å². The van der Waals surface area contributed by atoms with Crippen LogP contribution in [0.25, 0.3) is 0 Å². The normalized spacial score (nSPS) is 19.7. The van der Waals surface area contributed by atoms with Gasteiger partial charge in [0.15, 0.2) is 0 Å². The van der Waals surface area contributed by atoms with Crippen molar-refractivity contribution >= 4 is 17.2 Å². The Kier molecular flexibility index (Phi) is 7.30. The van der Waals surface area contributed by atoms with E-state index in [1.807, 2.05) is 18.2 Å². The molecular weight excluding hydrogens is 393 g/mol. The minimum Gasteiger partial charge on any atom is -0.375 e. The maximum atomic E-state index is 13.1. The maximum Gasteiger partial charge on any atom is 0.416 e. The molecule has 2 N–H and O–H groups in total. The van der Waals surface area contributed by atoms with Gasteiger partial charge in [0.1, 0.15) is 0 Å². The lowest BCUT2D eigenvalue weighted by Crippen LogP contribution is -2.51. The van der Waals surface area contributed by atoms with Gasteiger partial charge in [-0.25, -0.2) is 0 Å². The molecule has 0 aliphatic heterocycles. The van der Waals surface area contributed by atoms with Gasteiger partial charge in [-0.15, -0.1) is 0 Å². The van der Waals surface area contributed by atoms with Crippen LogP contribution in [0.5, 0.6) is 0 Å². The number of hydrogen-bond acceptors (Lipinski definition) is 2. The lowest BCUT2D eigenvalue weighted by molar-refractivity contribution is -0.137. The molecule has 0 aromatic heterocycles. The van der Waals surface area contributed by atoms with Crippen molar-refractivity contribution in [3.63, 3.8) is 0 Å². The predicted molar refractivity (Wildman–Crippen MR) is 115 cm³/mol. The van der Waals surface area contributed by atoms with E-state index in [1.54, 1.807) is 13.0 Å². The fourth-order valence-corrected chi connectivity index (χ4v) is 4.28. The summed E-state index contributed by atoms with van der Waals surface area (Å²) >= 11 is 5.51. The highest BCUT2D eigenvalue weighted by molar-refractivity contribution is 7.80. The van der Waals surface area contributed by atoms with Crippen molar-refractivity contribution in [3.8, 4) is 0 Å². The average Bonchev–Trinajstić information content (AvgIpc) is 2.67. The largest absolute Gasteiger partial charge is 0.416 e. The molecule has 0 saturated heterocycles. The van der Waals surface area contributed by atoms with Crippen LogP contribution in [0.4, 0.5) is 13.2 Å². The molecule has 0 radical (unpaired) electrons. The number of aryl methyl sites for hydroxylation is 1. The second-order valence-electron chi connectivity index (χ2n) is 7.81. The summed E-state index contributed by atoms with van der Waals surface area (Å²) in [6, 6.07) is 14.9. The van der Waals surface area contributed by atoms with Crippen LogP contribution in [0, 0.1) is 6.92 Å². The molecule has 2 atom stereocenters. The minimum atomic E-state index is -4.34. The van der Waals surface area contributed by atoms with Gasteiger partial charge in [0.05, 0.1) is 10.6 Å². The summed E-state index contributed by atoms with van der Waals surface area (Å²) in [5.74, 6) is 0. The zero-order valence-corrected chi connectivity index (χ0v) is 17.4. The van der Waals surface area contributed by atoms with Gasteiger partial charge in [0.2, 0.25) is 0 Å². The summed E-state index contributed by atoms with van der Waals surface area (Å²) in [6.07, 6.45) is 0.355. The molecule has 2 aromatic carbocycles. The number of halogens is 3. The van der Waals surface area contributed by atoms with E-state index in [-0.39, 0.29) is 6.04 Å². The summed E-state index contributed by atoms with van der Waals surface area (Å²) in [5.41, 5.74) is 1.81. The number of alkyl halides is 3. The second kappa shape index (κ2) is 9.72. The predicted octanol–water partition coefficient (Wildman–Crippen LogP) is 5.57. The number of hydrogen-bond donors (Lipinski definition) is 2. The average molecular weight is 421 g/mol. The van der Waals surface area contributed by atoms with Gasteiger partial charge >= 0.3 is 6.18 Å². The van der Waals surface area contributed by atoms with E-state index in [1.165, 1.54) is 24.1 Å². The first-order chi connectivity index (χ1) is 13.8.